The van der Waals surface area contributed by atoms with Crippen molar-refractivity contribution >= 4 is 34.7 Å². The Hall–Kier alpha value is -3.25. The van der Waals surface area contributed by atoms with Crippen LogP contribution in [0.25, 0.3) is 0 Å². The normalized spacial score (nSPS) is 11.5. The molecule has 154 valence electrons. The number of amides is 1. The molecule has 0 aliphatic carbocycles. The van der Waals surface area contributed by atoms with Crippen molar-refractivity contribution in [1.29, 1.82) is 0 Å². The lowest BCUT2D eigenvalue weighted by Crippen LogP contribution is -2.26. The van der Waals surface area contributed by atoms with Crippen molar-refractivity contribution in [2.45, 2.75) is 32.8 Å². The van der Waals surface area contributed by atoms with E-state index in [9.17, 15) is 14.4 Å². The standard InChI is InChI=1S/C24H23NO4S/c1-16-13-17(2)15-19(14-16)25-24(28)23(18-7-4-3-5-8-18)29-22(27)11-10-20(26)21-9-6-12-30-21/h3-9,12-15,23H,10-11H2,1-2H3,(H,25,28). The summed E-state index contributed by atoms with van der Waals surface area (Å²) < 4.78 is 5.50. The van der Waals surface area contributed by atoms with Crippen LogP contribution in [0.5, 0.6) is 0 Å². The Balaban J connectivity index is 1.70. The summed E-state index contributed by atoms with van der Waals surface area (Å²) in [5, 5.41) is 4.65. The molecule has 1 N–H and O–H groups in total. The number of Topliss-reactive ketones (excluding diaryl/α,β-unsaturated/α-hetero) is 1. The van der Waals surface area contributed by atoms with E-state index in [0.717, 1.165) is 11.1 Å². The molecular formula is C24H23NO4S. The van der Waals surface area contributed by atoms with Crippen molar-refractivity contribution in [3.63, 3.8) is 0 Å². The van der Waals surface area contributed by atoms with Crippen molar-refractivity contribution in [2.75, 3.05) is 5.32 Å². The van der Waals surface area contributed by atoms with Crippen molar-refractivity contribution in [2.24, 2.45) is 0 Å². The van der Waals surface area contributed by atoms with Gasteiger partial charge in [0, 0.05) is 17.7 Å². The third-order valence-electron chi connectivity index (χ3n) is 4.43. The van der Waals surface area contributed by atoms with Crippen molar-refractivity contribution in [3.8, 4) is 0 Å². The highest BCUT2D eigenvalue weighted by Crippen LogP contribution is 2.22. The molecular weight excluding hydrogens is 398 g/mol. The van der Waals surface area contributed by atoms with Gasteiger partial charge >= 0.3 is 5.97 Å². The molecule has 2 aromatic carbocycles. The van der Waals surface area contributed by atoms with Crippen LogP contribution in [0.4, 0.5) is 5.69 Å². The number of hydrogen-bond donors (Lipinski definition) is 1. The number of benzene rings is 2. The molecule has 5 nitrogen and oxygen atoms in total. The molecule has 3 rings (SSSR count). The van der Waals surface area contributed by atoms with E-state index in [1.54, 1.807) is 36.4 Å². The number of carbonyl (C=O) groups is 3. The predicted octanol–water partition coefficient (Wildman–Crippen LogP) is 5.25. The van der Waals surface area contributed by atoms with Gasteiger partial charge in [-0.15, -0.1) is 11.3 Å². The molecule has 0 saturated carbocycles. The lowest BCUT2D eigenvalue weighted by Gasteiger charge is -2.18. The highest BCUT2D eigenvalue weighted by molar-refractivity contribution is 7.12. The molecule has 1 atom stereocenters. The molecule has 0 fully saturated rings. The van der Waals surface area contributed by atoms with Crippen LogP contribution in [0, 0.1) is 13.8 Å². The van der Waals surface area contributed by atoms with E-state index in [1.165, 1.54) is 11.3 Å². The Kier molecular flexibility index (Phi) is 7.14. The first-order valence-corrected chi connectivity index (χ1v) is 10.5. The van der Waals surface area contributed by atoms with Crippen LogP contribution in [0.2, 0.25) is 0 Å². The predicted molar refractivity (Wildman–Crippen MR) is 118 cm³/mol. The number of carbonyl (C=O) groups excluding carboxylic acids is 3. The molecule has 30 heavy (non-hydrogen) atoms. The topological polar surface area (TPSA) is 72.5 Å². The Morgan fingerprint density at radius 2 is 1.63 bits per heavy atom. The van der Waals surface area contributed by atoms with Gasteiger partial charge in [-0.1, -0.05) is 42.5 Å². The molecule has 1 amide bonds. The number of hydrogen-bond acceptors (Lipinski definition) is 5. The van der Waals surface area contributed by atoms with Gasteiger partial charge in [-0.2, -0.15) is 0 Å². The van der Waals surface area contributed by atoms with Gasteiger partial charge < -0.3 is 10.1 Å². The second-order valence-corrected chi connectivity index (χ2v) is 7.99. The second kappa shape index (κ2) is 9.98. The summed E-state index contributed by atoms with van der Waals surface area (Å²) in [7, 11) is 0. The summed E-state index contributed by atoms with van der Waals surface area (Å²) in [5.41, 5.74) is 3.25. The maximum absolute atomic E-state index is 12.9. The van der Waals surface area contributed by atoms with E-state index >= 15 is 0 Å². The van der Waals surface area contributed by atoms with Crippen molar-refractivity contribution < 1.29 is 19.1 Å². The van der Waals surface area contributed by atoms with Crippen LogP contribution in [-0.2, 0) is 14.3 Å². The van der Waals surface area contributed by atoms with Crippen LogP contribution in [0.3, 0.4) is 0 Å². The summed E-state index contributed by atoms with van der Waals surface area (Å²) >= 11 is 1.34. The maximum Gasteiger partial charge on any atom is 0.307 e. The van der Waals surface area contributed by atoms with Crippen LogP contribution in [0.15, 0.2) is 66.0 Å². The van der Waals surface area contributed by atoms with Gasteiger partial charge in [-0.3, -0.25) is 14.4 Å². The lowest BCUT2D eigenvalue weighted by molar-refractivity contribution is -0.154. The second-order valence-electron chi connectivity index (χ2n) is 7.05. The Morgan fingerprint density at radius 3 is 2.27 bits per heavy atom. The molecule has 1 aromatic heterocycles. The quantitative estimate of drug-likeness (QED) is 0.398. The zero-order valence-electron chi connectivity index (χ0n) is 16.9. The summed E-state index contributed by atoms with van der Waals surface area (Å²) in [4.78, 5) is 38.1. The van der Waals surface area contributed by atoms with E-state index in [4.69, 9.17) is 4.74 Å². The minimum absolute atomic E-state index is 0.0412. The Morgan fingerprint density at radius 1 is 0.933 bits per heavy atom. The van der Waals surface area contributed by atoms with E-state index in [1.807, 2.05) is 43.5 Å². The summed E-state index contributed by atoms with van der Waals surface area (Å²) in [5.74, 6) is -1.15. The van der Waals surface area contributed by atoms with Gasteiger partial charge in [-0.05, 0) is 48.6 Å². The van der Waals surface area contributed by atoms with Crippen molar-refractivity contribution in [1.82, 2.24) is 0 Å². The largest absolute Gasteiger partial charge is 0.447 e. The average Bonchev–Trinajstić information content (AvgIpc) is 3.25. The highest BCUT2D eigenvalue weighted by atomic mass is 32.1. The molecule has 0 aliphatic rings. The third kappa shape index (κ3) is 5.87. The number of nitrogens with one attached hydrogen (secondary N) is 1. The van der Waals surface area contributed by atoms with E-state index in [0.29, 0.717) is 16.1 Å². The number of thiophene rings is 1. The maximum atomic E-state index is 12.9. The SMILES string of the molecule is Cc1cc(C)cc(NC(=O)C(OC(=O)CCC(=O)c2cccs2)c2ccccc2)c1. The first-order chi connectivity index (χ1) is 14.4. The molecule has 6 heteroatoms. The molecule has 0 saturated heterocycles. The molecule has 3 aromatic rings. The molecule has 0 aliphatic heterocycles. The average molecular weight is 422 g/mol. The molecule has 0 radical (unpaired) electrons. The highest BCUT2D eigenvalue weighted by Gasteiger charge is 2.25. The van der Waals surface area contributed by atoms with Crippen LogP contribution >= 0.6 is 11.3 Å². The van der Waals surface area contributed by atoms with Gasteiger partial charge in [0.2, 0.25) is 6.10 Å². The van der Waals surface area contributed by atoms with E-state index < -0.39 is 18.0 Å². The fourth-order valence-electron chi connectivity index (χ4n) is 3.12. The van der Waals surface area contributed by atoms with E-state index in [2.05, 4.69) is 5.32 Å². The zero-order chi connectivity index (χ0) is 21.5. The molecule has 0 bridgehead atoms. The first kappa shape index (κ1) is 21.5. The summed E-state index contributed by atoms with van der Waals surface area (Å²) in [6, 6.07) is 18.1. The lowest BCUT2D eigenvalue weighted by atomic mass is 10.1. The molecule has 1 unspecified atom stereocenters. The fourth-order valence-corrected chi connectivity index (χ4v) is 3.82. The number of anilines is 1. The third-order valence-corrected chi connectivity index (χ3v) is 5.34. The first-order valence-electron chi connectivity index (χ1n) is 9.62. The van der Waals surface area contributed by atoms with Gasteiger partial charge in [-0.25, -0.2) is 0 Å². The van der Waals surface area contributed by atoms with Gasteiger partial charge in [0.1, 0.15) is 0 Å². The van der Waals surface area contributed by atoms with Gasteiger partial charge in [0.15, 0.2) is 5.78 Å². The summed E-state index contributed by atoms with van der Waals surface area (Å²) in [6.45, 7) is 3.89. The zero-order valence-corrected chi connectivity index (χ0v) is 17.7. The number of aryl methyl sites for hydroxylation is 2. The van der Waals surface area contributed by atoms with Gasteiger partial charge in [0.05, 0.1) is 11.3 Å². The number of rotatable bonds is 8. The Bertz CT molecular complexity index is 1010. The van der Waals surface area contributed by atoms with E-state index in [-0.39, 0.29) is 18.6 Å². The number of ether oxygens (including phenoxy) is 1. The smallest absolute Gasteiger partial charge is 0.307 e. The fraction of sp³-hybridized carbons (Fsp3) is 0.208. The molecule has 1 heterocycles. The minimum Gasteiger partial charge on any atom is -0.447 e. The Labute approximate surface area is 179 Å². The van der Waals surface area contributed by atoms with Crippen LogP contribution < -0.4 is 5.32 Å². The van der Waals surface area contributed by atoms with Gasteiger partial charge in [0.25, 0.3) is 5.91 Å². The number of ketones is 1. The number of esters is 1. The molecule has 0 spiro atoms. The van der Waals surface area contributed by atoms with Crippen LogP contribution in [-0.4, -0.2) is 17.7 Å². The van der Waals surface area contributed by atoms with Crippen LogP contribution in [0.1, 0.15) is 45.3 Å². The van der Waals surface area contributed by atoms with Crippen molar-refractivity contribution in [3.05, 3.63) is 87.6 Å². The minimum atomic E-state index is -1.10. The summed E-state index contributed by atoms with van der Waals surface area (Å²) in [6.07, 6.45) is -1.15. The monoisotopic (exact) mass is 421 g/mol.